The number of nitro groups is 1. The molecule has 2 rings (SSSR count). The Morgan fingerprint density at radius 1 is 1.20 bits per heavy atom. The van der Waals surface area contributed by atoms with Gasteiger partial charge in [-0.1, -0.05) is 0 Å². The summed E-state index contributed by atoms with van der Waals surface area (Å²) in [6.07, 6.45) is 0. The fourth-order valence-electron chi connectivity index (χ4n) is 1.80. The van der Waals surface area contributed by atoms with Crippen LogP contribution in [0, 0.1) is 21.4 Å². The normalized spacial score (nSPS) is 9.80. The molecule has 6 nitrogen and oxygen atoms in total. The van der Waals surface area contributed by atoms with Crippen LogP contribution in [-0.4, -0.2) is 17.1 Å². The Morgan fingerprint density at radius 2 is 1.80 bits per heavy atom. The van der Waals surface area contributed by atoms with Crippen molar-refractivity contribution in [3.8, 4) is 11.8 Å². The van der Waals surface area contributed by atoms with Gasteiger partial charge in [-0.15, -0.1) is 0 Å². The van der Waals surface area contributed by atoms with Crippen LogP contribution in [0.15, 0.2) is 42.5 Å². The van der Waals surface area contributed by atoms with Gasteiger partial charge in [-0.05, 0) is 36.4 Å². The molecule has 0 aliphatic heterocycles. The predicted molar refractivity (Wildman–Crippen MR) is 74.0 cm³/mol. The number of nitrogens with zero attached hydrogens (tertiary/aromatic N) is 3. The maximum Gasteiger partial charge on any atom is 0.289 e. The molecule has 100 valence electrons. The lowest BCUT2D eigenvalue weighted by Crippen LogP contribution is -2.09. The second-order valence-electron chi connectivity index (χ2n) is 4.15. The van der Waals surface area contributed by atoms with Gasteiger partial charge in [0, 0.05) is 24.5 Å². The van der Waals surface area contributed by atoms with Gasteiger partial charge in [-0.3, -0.25) is 10.1 Å². The highest BCUT2D eigenvalue weighted by molar-refractivity contribution is 5.67. The monoisotopic (exact) mass is 269 g/mol. The molecule has 0 aliphatic carbocycles. The van der Waals surface area contributed by atoms with Gasteiger partial charge in [-0.25, -0.2) is 0 Å². The number of phenols is 1. The van der Waals surface area contributed by atoms with Crippen molar-refractivity contribution < 1.29 is 10.0 Å². The second-order valence-corrected chi connectivity index (χ2v) is 4.15. The quantitative estimate of drug-likeness (QED) is 0.683. The highest BCUT2D eigenvalue weighted by Gasteiger charge is 2.16. The van der Waals surface area contributed by atoms with E-state index in [4.69, 9.17) is 5.26 Å². The van der Waals surface area contributed by atoms with E-state index in [1.807, 2.05) is 0 Å². The summed E-state index contributed by atoms with van der Waals surface area (Å²) in [7, 11) is 1.75. The van der Waals surface area contributed by atoms with Gasteiger partial charge in [0.25, 0.3) is 5.69 Å². The second kappa shape index (κ2) is 5.28. The molecule has 0 aromatic heterocycles. The van der Waals surface area contributed by atoms with Crippen molar-refractivity contribution in [3.05, 3.63) is 58.1 Å². The van der Waals surface area contributed by atoms with E-state index in [0.29, 0.717) is 5.69 Å². The molecule has 2 aromatic carbocycles. The van der Waals surface area contributed by atoms with Gasteiger partial charge in [0.1, 0.15) is 17.4 Å². The van der Waals surface area contributed by atoms with Crippen molar-refractivity contribution in [1.29, 1.82) is 5.26 Å². The van der Waals surface area contributed by atoms with Gasteiger partial charge < -0.3 is 10.0 Å². The van der Waals surface area contributed by atoms with Crippen molar-refractivity contribution in [3.63, 3.8) is 0 Å². The van der Waals surface area contributed by atoms with Crippen LogP contribution < -0.4 is 4.90 Å². The highest BCUT2D eigenvalue weighted by atomic mass is 16.6. The Morgan fingerprint density at radius 3 is 2.35 bits per heavy atom. The molecule has 0 saturated heterocycles. The third kappa shape index (κ3) is 2.52. The largest absolute Gasteiger partial charge is 0.508 e. The van der Waals surface area contributed by atoms with E-state index < -0.39 is 4.92 Å². The number of aromatic hydroxyl groups is 1. The van der Waals surface area contributed by atoms with Crippen LogP contribution in [0.5, 0.6) is 5.75 Å². The number of rotatable bonds is 3. The molecule has 0 amide bonds. The first-order valence-electron chi connectivity index (χ1n) is 5.74. The molecule has 20 heavy (non-hydrogen) atoms. The fraction of sp³-hybridized carbons (Fsp3) is 0.0714. The molecule has 6 heteroatoms. The van der Waals surface area contributed by atoms with Crippen molar-refractivity contribution >= 4 is 17.1 Å². The molecule has 2 aromatic rings. The SMILES string of the molecule is CN(c1ccc(O)cc1)c1ccc(C#N)c([N+](=O)[O-])c1. The molecular formula is C14H11N3O3. The Kier molecular flexibility index (Phi) is 3.53. The zero-order valence-electron chi connectivity index (χ0n) is 10.6. The van der Waals surface area contributed by atoms with Crippen LogP contribution >= 0.6 is 0 Å². The molecule has 0 heterocycles. The first-order chi connectivity index (χ1) is 9.52. The van der Waals surface area contributed by atoms with E-state index in [0.717, 1.165) is 5.69 Å². The van der Waals surface area contributed by atoms with E-state index in [1.165, 1.54) is 24.3 Å². The molecule has 0 fully saturated rings. The van der Waals surface area contributed by atoms with E-state index in [2.05, 4.69) is 0 Å². The van der Waals surface area contributed by atoms with Crippen LogP contribution in [0.3, 0.4) is 0 Å². The number of nitro benzene ring substituents is 1. The zero-order valence-corrected chi connectivity index (χ0v) is 10.6. The topological polar surface area (TPSA) is 90.4 Å². The van der Waals surface area contributed by atoms with Crippen molar-refractivity contribution in [2.45, 2.75) is 0 Å². The van der Waals surface area contributed by atoms with Crippen LogP contribution in [0.4, 0.5) is 17.1 Å². The smallest absolute Gasteiger partial charge is 0.289 e. The lowest BCUT2D eigenvalue weighted by atomic mass is 10.1. The van der Waals surface area contributed by atoms with Gasteiger partial charge in [0.05, 0.1) is 4.92 Å². The molecule has 0 aliphatic rings. The van der Waals surface area contributed by atoms with E-state index >= 15 is 0 Å². The van der Waals surface area contributed by atoms with E-state index in [1.54, 1.807) is 36.2 Å². The van der Waals surface area contributed by atoms with Gasteiger partial charge in [-0.2, -0.15) is 5.26 Å². The Balaban J connectivity index is 2.43. The molecule has 0 bridgehead atoms. The van der Waals surface area contributed by atoms with Crippen LogP contribution in [0.25, 0.3) is 0 Å². The molecule has 0 spiro atoms. The first kappa shape index (κ1) is 13.4. The zero-order chi connectivity index (χ0) is 14.7. The highest BCUT2D eigenvalue weighted by Crippen LogP contribution is 2.29. The van der Waals surface area contributed by atoms with Crippen molar-refractivity contribution in [2.75, 3.05) is 11.9 Å². The molecular weight excluding hydrogens is 258 g/mol. The third-order valence-electron chi connectivity index (χ3n) is 2.92. The maximum atomic E-state index is 10.9. The summed E-state index contributed by atoms with van der Waals surface area (Å²) in [5, 5.41) is 29.0. The molecule has 1 N–H and O–H groups in total. The number of benzene rings is 2. The summed E-state index contributed by atoms with van der Waals surface area (Å²) in [5.74, 6) is 0.146. The average molecular weight is 269 g/mol. The average Bonchev–Trinajstić information content (AvgIpc) is 2.46. The summed E-state index contributed by atoms with van der Waals surface area (Å²) in [6.45, 7) is 0. The number of anilines is 2. The number of nitriles is 1. The lowest BCUT2D eigenvalue weighted by Gasteiger charge is -2.19. The van der Waals surface area contributed by atoms with E-state index in [9.17, 15) is 15.2 Å². The molecule has 0 radical (unpaired) electrons. The van der Waals surface area contributed by atoms with Gasteiger partial charge in [0.15, 0.2) is 0 Å². The Labute approximate surface area is 115 Å². The standard InChI is InChI=1S/C14H11N3O3/c1-16(11-4-6-13(18)7-5-11)12-3-2-10(9-15)14(8-12)17(19)20/h2-8,18H,1H3. The summed E-state index contributed by atoms with van der Waals surface area (Å²) in [6, 6.07) is 12.7. The Hall–Kier alpha value is -3.07. The minimum Gasteiger partial charge on any atom is -0.508 e. The fourth-order valence-corrected chi connectivity index (χ4v) is 1.80. The molecule has 0 saturated carbocycles. The molecule has 0 unspecified atom stereocenters. The summed E-state index contributed by atoms with van der Waals surface area (Å²) < 4.78 is 0. The Bertz CT molecular complexity index is 690. The number of hydrogen-bond donors (Lipinski definition) is 1. The minimum absolute atomic E-state index is 0.0258. The van der Waals surface area contributed by atoms with Crippen molar-refractivity contribution in [2.24, 2.45) is 0 Å². The van der Waals surface area contributed by atoms with Crippen LogP contribution in [-0.2, 0) is 0 Å². The molecule has 0 atom stereocenters. The van der Waals surface area contributed by atoms with Gasteiger partial charge in [0.2, 0.25) is 0 Å². The number of hydrogen-bond acceptors (Lipinski definition) is 5. The summed E-state index contributed by atoms with van der Waals surface area (Å²) in [5.41, 5.74) is 1.15. The summed E-state index contributed by atoms with van der Waals surface area (Å²) in [4.78, 5) is 12.1. The third-order valence-corrected chi connectivity index (χ3v) is 2.92. The maximum absolute atomic E-state index is 10.9. The summed E-state index contributed by atoms with van der Waals surface area (Å²) >= 11 is 0. The van der Waals surface area contributed by atoms with Crippen LogP contribution in [0.1, 0.15) is 5.56 Å². The van der Waals surface area contributed by atoms with E-state index in [-0.39, 0.29) is 17.0 Å². The minimum atomic E-state index is -0.577. The van der Waals surface area contributed by atoms with Gasteiger partial charge >= 0.3 is 0 Å². The predicted octanol–water partition coefficient (Wildman–Crippen LogP) is 2.94. The lowest BCUT2D eigenvalue weighted by molar-refractivity contribution is -0.385. The van der Waals surface area contributed by atoms with Crippen LogP contribution in [0.2, 0.25) is 0 Å². The van der Waals surface area contributed by atoms with Crippen molar-refractivity contribution in [1.82, 2.24) is 0 Å². The first-order valence-corrected chi connectivity index (χ1v) is 5.74. The number of phenolic OH excluding ortho intramolecular Hbond substituents is 1.